The van der Waals surface area contributed by atoms with Crippen LogP contribution < -0.4 is 9.64 Å². The van der Waals surface area contributed by atoms with Crippen LogP contribution in [0.5, 0.6) is 5.75 Å². The number of piperazine rings is 1. The number of rotatable bonds is 4. The molecule has 4 nitrogen and oxygen atoms in total. The monoisotopic (exact) mass is 368 g/mol. The first-order valence-electron chi connectivity index (χ1n) is 10.9. The van der Waals surface area contributed by atoms with Crippen LogP contribution in [0.2, 0.25) is 0 Å². The van der Waals surface area contributed by atoms with E-state index in [1.807, 2.05) is 19.1 Å². The Hall–Kier alpha value is -1.71. The van der Waals surface area contributed by atoms with Crippen molar-refractivity contribution in [2.45, 2.75) is 45.4 Å². The van der Waals surface area contributed by atoms with E-state index in [0.29, 0.717) is 12.5 Å². The smallest absolute Gasteiger partial charge is 0.228 e. The summed E-state index contributed by atoms with van der Waals surface area (Å²) in [7, 11) is 0. The lowest BCUT2D eigenvalue weighted by Crippen LogP contribution is -2.58. The number of anilines is 1. The van der Waals surface area contributed by atoms with Crippen LogP contribution in [0.25, 0.3) is 0 Å². The number of hydrogen-bond donors (Lipinski definition) is 0. The molecule has 0 N–H and O–H groups in total. The molecule has 1 heterocycles. The van der Waals surface area contributed by atoms with Crippen molar-refractivity contribution < 1.29 is 9.53 Å². The van der Waals surface area contributed by atoms with Crippen LogP contribution in [0, 0.1) is 23.2 Å². The molecule has 0 aromatic heterocycles. The number of carbonyl (C=O) groups is 1. The SMILES string of the molecule is CCOc1ccccc1N1CCN(C(=O)C23CC4CC(CC(C4)C2)C3)CC1. The summed E-state index contributed by atoms with van der Waals surface area (Å²) in [4.78, 5) is 18.1. The van der Waals surface area contributed by atoms with Gasteiger partial charge in [0.1, 0.15) is 5.75 Å². The molecular weight excluding hydrogens is 336 g/mol. The van der Waals surface area contributed by atoms with Crippen LogP contribution in [0.15, 0.2) is 24.3 Å². The molecule has 0 spiro atoms. The first-order chi connectivity index (χ1) is 13.2. The highest BCUT2D eigenvalue weighted by Gasteiger charge is 2.55. The molecule has 5 aliphatic rings. The van der Waals surface area contributed by atoms with E-state index >= 15 is 0 Å². The van der Waals surface area contributed by atoms with Gasteiger partial charge in [-0.3, -0.25) is 4.79 Å². The lowest BCUT2D eigenvalue weighted by Gasteiger charge is -2.57. The topological polar surface area (TPSA) is 32.8 Å². The van der Waals surface area contributed by atoms with Crippen molar-refractivity contribution in [3.8, 4) is 5.75 Å². The molecule has 0 atom stereocenters. The van der Waals surface area contributed by atoms with Crippen molar-refractivity contribution in [1.82, 2.24) is 4.90 Å². The van der Waals surface area contributed by atoms with Gasteiger partial charge in [0.2, 0.25) is 5.91 Å². The van der Waals surface area contributed by atoms with E-state index in [-0.39, 0.29) is 5.41 Å². The molecule has 146 valence electrons. The maximum atomic E-state index is 13.5. The Labute approximate surface area is 162 Å². The van der Waals surface area contributed by atoms with E-state index in [4.69, 9.17) is 4.74 Å². The predicted octanol–water partition coefficient (Wildman–Crippen LogP) is 3.95. The first kappa shape index (κ1) is 17.4. The fraction of sp³-hybridized carbons (Fsp3) is 0.696. The summed E-state index contributed by atoms with van der Waals surface area (Å²) in [5.41, 5.74) is 1.17. The Morgan fingerprint density at radius 3 is 2.19 bits per heavy atom. The van der Waals surface area contributed by atoms with Gasteiger partial charge in [-0.1, -0.05) is 12.1 Å². The molecule has 1 aromatic carbocycles. The zero-order valence-electron chi connectivity index (χ0n) is 16.5. The Kier molecular flexibility index (Phi) is 4.33. The van der Waals surface area contributed by atoms with Crippen molar-refractivity contribution in [3.63, 3.8) is 0 Å². The van der Waals surface area contributed by atoms with E-state index in [9.17, 15) is 4.79 Å². The minimum Gasteiger partial charge on any atom is -0.492 e. The van der Waals surface area contributed by atoms with Crippen molar-refractivity contribution >= 4 is 11.6 Å². The third kappa shape index (κ3) is 3.01. The number of amides is 1. The molecular formula is C23H32N2O2. The molecule has 1 aliphatic heterocycles. The van der Waals surface area contributed by atoms with E-state index in [1.54, 1.807) is 0 Å². The fourth-order valence-electron chi connectivity index (χ4n) is 6.85. The summed E-state index contributed by atoms with van der Waals surface area (Å²) < 4.78 is 5.81. The zero-order chi connectivity index (χ0) is 18.4. The standard InChI is InChI=1S/C23H32N2O2/c1-2-27-21-6-4-3-5-20(21)24-7-9-25(10-8-24)22(26)23-14-17-11-18(15-23)13-19(12-17)16-23/h3-6,17-19H,2,7-16H2,1H3. The van der Waals surface area contributed by atoms with Gasteiger partial charge < -0.3 is 14.5 Å². The summed E-state index contributed by atoms with van der Waals surface area (Å²) in [5.74, 6) is 3.94. The molecule has 1 saturated heterocycles. The molecule has 1 amide bonds. The largest absolute Gasteiger partial charge is 0.492 e. The summed E-state index contributed by atoms with van der Waals surface area (Å²) in [6.45, 7) is 6.22. The highest BCUT2D eigenvalue weighted by Crippen LogP contribution is 2.60. The quantitative estimate of drug-likeness (QED) is 0.807. The Bertz CT molecular complexity index is 673. The predicted molar refractivity (Wildman–Crippen MR) is 107 cm³/mol. The maximum absolute atomic E-state index is 13.5. The Balaban J connectivity index is 1.27. The van der Waals surface area contributed by atoms with E-state index in [2.05, 4.69) is 21.9 Å². The van der Waals surface area contributed by atoms with Crippen LogP contribution >= 0.6 is 0 Å². The minimum absolute atomic E-state index is 0.000148. The summed E-state index contributed by atoms with van der Waals surface area (Å²) in [6, 6.07) is 8.29. The average Bonchev–Trinajstić information content (AvgIpc) is 2.67. The van der Waals surface area contributed by atoms with E-state index in [0.717, 1.165) is 49.7 Å². The molecule has 6 rings (SSSR count). The summed E-state index contributed by atoms with van der Waals surface area (Å²) >= 11 is 0. The molecule has 1 aromatic rings. The summed E-state index contributed by atoms with van der Waals surface area (Å²) in [6.07, 6.45) is 7.71. The van der Waals surface area contributed by atoms with Crippen LogP contribution in [-0.4, -0.2) is 43.6 Å². The van der Waals surface area contributed by atoms with Gasteiger partial charge in [0.15, 0.2) is 0 Å². The number of benzene rings is 1. The molecule has 4 bridgehead atoms. The average molecular weight is 369 g/mol. The van der Waals surface area contributed by atoms with Crippen molar-refractivity contribution in [3.05, 3.63) is 24.3 Å². The number of ether oxygens (including phenoxy) is 1. The number of carbonyl (C=O) groups excluding carboxylic acids is 1. The van der Waals surface area contributed by atoms with Gasteiger partial charge in [-0.25, -0.2) is 0 Å². The van der Waals surface area contributed by atoms with Gasteiger partial charge in [-0.15, -0.1) is 0 Å². The fourth-order valence-corrected chi connectivity index (χ4v) is 6.85. The molecule has 4 heteroatoms. The molecule has 27 heavy (non-hydrogen) atoms. The highest BCUT2D eigenvalue weighted by atomic mass is 16.5. The van der Waals surface area contributed by atoms with Gasteiger partial charge in [0.05, 0.1) is 17.7 Å². The third-order valence-electron chi connectivity index (χ3n) is 7.56. The summed E-state index contributed by atoms with van der Waals surface area (Å²) in [5, 5.41) is 0. The highest BCUT2D eigenvalue weighted by molar-refractivity contribution is 5.83. The van der Waals surface area contributed by atoms with Gasteiger partial charge in [-0.05, 0) is 75.3 Å². The van der Waals surface area contributed by atoms with Crippen molar-refractivity contribution in [2.24, 2.45) is 23.2 Å². The third-order valence-corrected chi connectivity index (χ3v) is 7.56. The second-order valence-corrected chi connectivity index (χ2v) is 9.38. The van der Waals surface area contributed by atoms with Gasteiger partial charge in [0, 0.05) is 26.2 Å². The van der Waals surface area contributed by atoms with Crippen LogP contribution in [0.3, 0.4) is 0 Å². The van der Waals surface area contributed by atoms with E-state index in [1.165, 1.54) is 44.2 Å². The number of hydrogen-bond acceptors (Lipinski definition) is 3. The number of nitrogens with zero attached hydrogens (tertiary/aromatic N) is 2. The Morgan fingerprint density at radius 2 is 1.59 bits per heavy atom. The van der Waals surface area contributed by atoms with E-state index < -0.39 is 0 Å². The van der Waals surface area contributed by atoms with Gasteiger partial charge in [-0.2, -0.15) is 0 Å². The lowest BCUT2D eigenvalue weighted by atomic mass is 9.49. The van der Waals surface area contributed by atoms with Gasteiger partial charge >= 0.3 is 0 Å². The molecule has 0 radical (unpaired) electrons. The van der Waals surface area contributed by atoms with Crippen LogP contribution in [-0.2, 0) is 4.79 Å². The van der Waals surface area contributed by atoms with Crippen LogP contribution in [0.1, 0.15) is 45.4 Å². The molecule has 0 unspecified atom stereocenters. The van der Waals surface area contributed by atoms with Gasteiger partial charge in [0.25, 0.3) is 0 Å². The number of para-hydroxylation sites is 2. The second kappa shape index (κ2) is 6.72. The lowest BCUT2D eigenvalue weighted by molar-refractivity contribution is -0.158. The Morgan fingerprint density at radius 1 is 1.00 bits per heavy atom. The second-order valence-electron chi connectivity index (χ2n) is 9.38. The molecule has 5 fully saturated rings. The minimum atomic E-state index is 0.000148. The zero-order valence-corrected chi connectivity index (χ0v) is 16.5. The first-order valence-corrected chi connectivity index (χ1v) is 10.9. The molecule has 4 aliphatic carbocycles. The van der Waals surface area contributed by atoms with Crippen molar-refractivity contribution in [1.29, 1.82) is 0 Å². The van der Waals surface area contributed by atoms with Crippen molar-refractivity contribution in [2.75, 3.05) is 37.7 Å². The molecule has 4 saturated carbocycles. The maximum Gasteiger partial charge on any atom is 0.228 e. The normalized spacial score (nSPS) is 34.8. The van der Waals surface area contributed by atoms with Crippen LogP contribution in [0.4, 0.5) is 5.69 Å².